The molecule has 2 fully saturated rings. The minimum atomic E-state index is -0.0196. The first-order valence-electron chi connectivity index (χ1n) is 11.4. The lowest BCUT2D eigenvalue weighted by Gasteiger charge is -2.31. The first-order chi connectivity index (χ1) is 15.0. The number of nitrogens with one attached hydrogen (secondary N) is 1. The molecule has 1 atom stereocenters. The first kappa shape index (κ1) is 21.8. The van der Waals surface area contributed by atoms with Crippen molar-refractivity contribution in [2.75, 3.05) is 26.2 Å². The van der Waals surface area contributed by atoms with E-state index in [0.717, 1.165) is 68.9 Å². The van der Waals surface area contributed by atoms with Gasteiger partial charge in [0, 0.05) is 54.8 Å². The van der Waals surface area contributed by atoms with Gasteiger partial charge in [0.05, 0.1) is 12.6 Å². The molecule has 1 aromatic heterocycles. The molecule has 0 spiro atoms. The average molecular weight is 424 g/mol. The normalized spacial score (nSPS) is 20.1. The number of hydrogen-bond acceptors (Lipinski definition) is 4. The molecule has 2 aliphatic heterocycles. The van der Waals surface area contributed by atoms with Gasteiger partial charge in [0.15, 0.2) is 5.78 Å². The van der Waals surface area contributed by atoms with E-state index in [1.807, 2.05) is 43.3 Å². The van der Waals surface area contributed by atoms with Crippen molar-refractivity contribution in [1.29, 1.82) is 0 Å². The molecule has 2 aliphatic rings. The number of carbonyl (C=O) groups excluding carboxylic acids is 2. The van der Waals surface area contributed by atoms with Gasteiger partial charge in [0.1, 0.15) is 0 Å². The third-order valence-electron chi connectivity index (χ3n) is 6.61. The molecule has 2 aromatic rings. The van der Waals surface area contributed by atoms with Crippen molar-refractivity contribution < 1.29 is 14.3 Å². The standard InChI is InChI=1S/C25H33N3O3/c1-18-15-23(19(2)28(18)16-22-9-6-14-31-22)24(29)17-27-12-10-21(11-13-27)26-25(30)20-7-4-3-5-8-20/h3-5,7-8,15,21-22H,6,9-14,16-17H2,1-2H3,(H,26,30)/t22-/m0/s1. The van der Waals surface area contributed by atoms with Crippen LogP contribution < -0.4 is 5.32 Å². The second-order valence-electron chi connectivity index (χ2n) is 8.84. The molecule has 0 bridgehead atoms. The monoisotopic (exact) mass is 423 g/mol. The molecule has 1 aromatic carbocycles. The van der Waals surface area contributed by atoms with Gasteiger partial charge in [-0.05, 0) is 57.7 Å². The highest BCUT2D eigenvalue weighted by Crippen LogP contribution is 2.21. The Kier molecular flexibility index (Phi) is 6.88. The van der Waals surface area contributed by atoms with Gasteiger partial charge in [-0.3, -0.25) is 14.5 Å². The van der Waals surface area contributed by atoms with Crippen LogP contribution in [-0.4, -0.2) is 59.5 Å². The Morgan fingerprint density at radius 2 is 1.84 bits per heavy atom. The number of piperidine rings is 1. The van der Waals surface area contributed by atoms with Gasteiger partial charge in [-0.2, -0.15) is 0 Å². The number of aryl methyl sites for hydroxylation is 1. The van der Waals surface area contributed by atoms with Gasteiger partial charge in [-0.25, -0.2) is 0 Å². The summed E-state index contributed by atoms with van der Waals surface area (Å²) in [6, 6.07) is 11.5. The van der Waals surface area contributed by atoms with Crippen LogP contribution in [0.1, 0.15) is 57.8 Å². The summed E-state index contributed by atoms with van der Waals surface area (Å²) in [5.74, 6) is 0.160. The second kappa shape index (κ2) is 9.79. The molecule has 0 aliphatic carbocycles. The lowest BCUT2D eigenvalue weighted by molar-refractivity contribution is 0.0857. The van der Waals surface area contributed by atoms with Crippen LogP contribution >= 0.6 is 0 Å². The number of likely N-dealkylation sites (tertiary alicyclic amines) is 1. The topological polar surface area (TPSA) is 63.6 Å². The van der Waals surface area contributed by atoms with E-state index in [9.17, 15) is 9.59 Å². The lowest BCUT2D eigenvalue weighted by atomic mass is 10.0. The number of ketones is 1. The van der Waals surface area contributed by atoms with Gasteiger partial charge in [-0.1, -0.05) is 18.2 Å². The van der Waals surface area contributed by atoms with E-state index in [2.05, 4.69) is 21.7 Å². The van der Waals surface area contributed by atoms with Gasteiger partial charge >= 0.3 is 0 Å². The Morgan fingerprint density at radius 3 is 2.52 bits per heavy atom. The number of Topliss-reactive ketones (excluding diaryl/α,β-unsaturated/α-hetero) is 1. The summed E-state index contributed by atoms with van der Waals surface area (Å²) in [7, 11) is 0. The van der Waals surface area contributed by atoms with Crippen LogP contribution in [0.4, 0.5) is 0 Å². The fourth-order valence-corrected chi connectivity index (χ4v) is 4.74. The van der Waals surface area contributed by atoms with E-state index in [-0.39, 0.29) is 23.8 Å². The number of rotatable bonds is 7. The molecule has 6 nitrogen and oxygen atoms in total. The van der Waals surface area contributed by atoms with Crippen LogP contribution in [0.3, 0.4) is 0 Å². The fraction of sp³-hybridized carbons (Fsp3) is 0.520. The zero-order valence-electron chi connectivity index (χ0n) is 18.6. The van der Waals surface area contributed by atoms with Crippen LogP contribution in [0.5, 0.6) is 0 Å². The highest BCUT2D eigenvalue weighted by molar-refractivity contribution is 5.99. The van der Waals surface area contributed by atoms with Crippen LogP contribution in [-0.2, 0) is 11.3 Å². The summed E-state index contributed by atoms with van der Waals surface area (Å²) in [5.41, 5.74) is 3.69. The van der Waals surface area contributed by atoms with Crippen molar-refractivity contribution in [3.63, 3.8) is 0 Å². The van der Waals surface area contributed by atoms with Crippen LogP contribution in [0.25, 0.3) is 0 Å². The number of ether oxygens (including phenoxy) is 1. The van der Waals surface area contributed by atoms with Crippen molar-refractivity contribution in [3.05, 3.63) is 58.9 Å². The Bertz CT molecular complexity index is 908. The maximum atomic E-state index is 13.0. The molecular formula is C25H33N3O3. The maximum Gasteiger partial charge on any atom is 0.251 e. The number of aromatic nitrogens is 1. The Labute approximate surface area is 184 Å². The van der Waals surface area contributed by atoms with Gasteiger partial charge in [0.2, 0.25) is 0 Å². The van der Waals surface area contributed by atoms with Crippen LogP contribution in [0, 0.1) is 13.8 Å². The smallest absolute Gasteiger partial charge is 0.251 e. The highest BCUT2D eigenvalue weighted by atomic mass is 16.5. The Balaban J connectivity index is 1.28. The highest BCUT2D eigenvalue weighted by Gasteiger charge is 2.25. The van der Waals surface area contributed by atoms with Crippen LogP contribution in [0.2, 0.25) is 0 Å². The molecule has 1 N–H and O–H groups in total. The number of carbonyl (C=O) groups is 2. The van der Waals surface area contributed by atoms with Gasteiger partial charge in [-0.15, -0.1) is 0 Å². The third kappa shape index (κ3) is 5.25. The molecule has 0 radical (unpaired) electrons. The van der Waals surface area contributed by atoms with Crippen LogP contribution in [0.15, 0.2) is 36.4 Å². The summed E-state index contributed by atoms with van der Waals surface area (Å²) in [4.78, 5) is 27.6. The molecule has 3 heterocycles. The summed E-state index contributed by atoms with van der Waals surface area (Å²) in [5, 5.41) is 3.13. The molecule has 1 amide bonds. The molecular weight excluding hydrogens is 390 g/mol. The molecule has 2 saturated heterocycles. The van der Waals surface area contributed by atoms with Crippen molar-refractivity contribution >= 4 is 11.7 Å². The summed E-state index contributed by atoms with van der Waals surface area (Å²) in [6.07, 6.45) is 4.21. The Morgan fingerprint density at radius 1 is 1.10 bits per heavy atom. The minimum absolute atomic E-state index is 0.0196. The third-order valence-corrected chi connectivity index (χ3v) is 6.61. The van der Waals surface area contributed by atoms with Crippen molar-refractivity contribution in [2.24, 2.45) is 0 Å². The van der Waals surface area contributed by atoms with E-state index in [0.29, 0.717) is 12.1 Å². The lowest BCUT2D eigenvalue weighted by Crippen LogP contribution is -2.46. The molecule has 31 heavy (non-hydrogen) atoms. The van der Waals surface area contributed by atoms with E-state index in [4.69, 9.17) is 4.74 Å². The van der Waals surface area contributed by atoms with E-state index < -0.39 is 0 Å². The Hall–Kier alpha value is -2.44. The first-order valence-corrected chi connectivity index (χ1v) is 11.4. The quantitative estimate of drug-likeness (QED) is 0.694. The van der Waals surface area contributed by atoms with E-state index in [1.54, 1.807) is 0 Å². The largest absolute Gasteiger partial charge is 0.376 e. The van der Waals surface area contributed by atoms with E-state index >= 15 is 0 Å². The molecule has 4 rings (SSSR count). The number of benzene rings is 1. The number of nitrogens with zero attached hydrogens (tertiary/aromatic N) is 2. The number of hydrogen-bond donors (Lipinski definition) is 1. The van der Waals surface area contributed by atoms with Gasteiger partial charge in [0.25, 0.3) is 5.91 Å². The molecule has 166 valence electrons. The zero-order chi connectivity index (χ0) is 21.8. The predicted molar refractivity (Wildman–Crippen MR) is 121 cm³/mol. The molecule has 0 saturated carbocycles. The van der Waals surface area contributed by atoms with Gasteiger partial charge < -0.3 is 14.6 Å². The summed E-state index contributed by atoms with van der Waals surface area (Å²) < 4.78 is 8.01. The van der Waals surface area contributed by atoms with Crippen molar-refractivity contribution in [3.8, 4) is 0 Å². The second-order valence-corrected chi connectivity index (χ2v) is 8.84. The fourth-order valence-electron chi connectivity index (χ4n) is 4.74. The SMILES string of the molecule is Cc1cc(C(=O)CN2CCC(NC(=O)c3ccccc3)CC2)c(C)n1C[C@@H]1CCCO1. The van der Waals surface area contributed by atoms with E-state index in [1.165, 1.54) is 0 Å². The maximum absolute atomic E-state index is 13.0. The predicted octanol–water partition coefficient (Wildman–Crippen LogP) is 3.36. The number of amides is 1. The minimum Gasteiger partial charge on any atom is -0.376 e. The van der Waals surface area contributed by atoms with Crippen molar-refractivity contribution in [2.45, 2.75) is 58.2 Å². The summed E-state index contributed by atoms with van der Waals surface area (Å²) >= 11 is 0. The van der Waals surface area contributed by atoms with Crippen molar-refractivity contribution in [1.82, 2.24) is 14.8 Å². The zero-order valence-corrected chi connectivity index (χ0v) is 18.6. The molecule has 0 unspecified atom stereocenters. The summed E-state index contributed by atoms with van der Waals surface area (Å²) in [6.45, 7) is 7.86. The average Bonchev–Trinajstić information content (AvgIpc) is 3.39. The molecule has 6 heteroatoms.